The predicted molar refractivity (Wildman–Crippen MR) is 115 cm³/mol. The van der Waals surface area contributed by atoms with Crippen molar-refractivity contribution in [2.75, 3.05) is 37.5 Å². The van der Waals surface area contributed by atoms with Crippen LogP contribution in [0.4, 0.5) is 17.5 Å². The van der Waals surface area contributed by atoms with Crippen LogP contribution in [0.1, 0.15) is 12.6 Å². The summed E-state index contributed by atoms with van der Waals surface area (Å²) >= 11 is 0. The fourth-order valence-corrected chi connectivity index (χ4v) is 2.66. The second kappa shape index (κ2) is 10.2. The van der Waals surface area contributed by atoms with Gasteiger partial charge < -0.3 is 24.8 Å². The van der Waals surface area contributed by atoms with Crippen LogP contribution in [0.15, 0.2) is 54.6 Å². The van der Waals surface area contributed by atoms with E-state index in [0.717, 1.165) is 34.4 Å². The van der Waals surface area contributed by atoms with Crippen LogP contribution in [0.25, 0.3) is 0 Å². The summed E-state index contributed by atoms with van der Waals surface area (Å²) in [5.41, 5.74) is 1.80. The summed E-state index contributed by atoms with van der Waals surface area (Å²) in [6.07, 6.45) is 0. The van der Waals surface area contributed by atoms with Crippen LogP contribution in [0, 0.1) is 6.92 Å². The zero-order valence-electron chi connectivity index (χ0n) is 16.9. The Morgan fingerprint density at radius 1 is 0.862 bits per heavy atom. The van der Waals surface area contributed by atoms with Crippen LogP contribution in [0.5, 0.6) is 17.2 Å². The number of ether oxygens (including phenoxy) is 3. The number of rotatable bonds is 10. The van der Waals surface area contributed by atoms with Crippen molar-refractivity contribution in [2.45, 2.75) is 13.8 Å². The smallest absolute Gasteiger partial charge is 0.224 e. The molecule has 1 heterocycles. The number of aromatic nitrogens is 2. The van der Waals surface area contributed by atoms with E-state index in [1.54, 1.807) is 7.11 Å². The minimum atomic E-state index is 0.491. The lowest BCUT2D eigenvalue weighted by Crippen LogP contribution is -2.14. The summed E-state index contributed by atoms with van der Waals surface area (Å²) in [5.74, 6) is 3.71. The standard InChI is InChI=1S/C22H26N4O3/c1-4-28-19-7-5-17(6-8-19)25-21-15-16(2)24-22(26-21)23-13-14-29-20-11-9-18(27-3)10-12-20/h5-12,15H,4,13-14H2,1-3H3,(H2,23,24,25,26). The summed E-state index contributed by atoms with van der Waals surface area (Å²) in [7, 11) is 1.64. The third-order valence-electron chi connectivity index (χ3n) is 4.01. The van der Waals surface area contributed by atoms with E-state index in [4.69, 9.17) is 14.2 Å². The molecule has 7 nitrogen and oxygen atoms in total. The fourth-order valence-electron chi connectivity index (χ4n) is 2.66. The first-order valence-corrected chi connectivity index (χ1v) is 9.52. The van der Waals surface area contributed by atoms with Gasteiger partial charge in [-0.3, -0.25) is 0 Å². The summed E-state index contributed by atoms with van der Waals surface area (Å²) in [4.78, 5) is 8.95. The molecule has 7 heteroatoms. The van der Waals surface area contributed by atoms with Crippen LogP contribution in [-0.2, 0) is 0 Å². The monoisotopic (exact) mass is 394 g/mol. The van der Waals surface area contributed by atoms with Gasteiger partial charge in [0.25, 0.3) is 0 Å². The molecule has 0 aliphatic rings. The van der Waals surface area contributed by atoms with E-state index in [1.807, 2.05) is 68.4 Å². The highest BCUT2D eigenvalue weighted by Gasteiger charge is 2.04. The molecule has 0 atom stereocenters. The molecular formula is C22H26N4O3. The Morgan fingerprint density at radius 3 is 2.21 bits per heavy atom. The minimum absolute atomic E-state index is 0.491. The maximum absolute atomic E-state index is 5.71. The van der Waals surface area contributed by atoms with E-state index >= 15 is 0 Å². The maximum Gasteiger partial charge on any atom is 0.224 e. The first-order valence-electron chi connectivity index (χ1n) is 9.52. The van der Waals surface area contributed by atoms with Crippen molar-refractivity contribution >= 4 is 17.5 Å². The molecule has 0 radical (unpaired) electrons. The molecule has 0 aliphatic heterocycles. The average Bonchev–Trinajstić information content (AvgIpc) is 2.73. The topological polar surface area (TPSA) is 77.5 Å². The second-order valence-corrected chi connectivity index (χ2v) is 6.25. The summed E-state index contributed by atoms with van der Waals surface area (Å²) < 4.78 is 16.3. The number of nitrogens with one attached hydrogen (secondary N) is 2. The lowest BCUT2D eigenvalue weighted by atomic mass is 10.3. The van der Waals surface area contributed by atoms with Crippen LogP contribution < -0.4 is 24.8 Å². The summed E-state index contributed by atoms with van der Waals surface area (Å²) in [5, 5.41) is 6.49. The van der Waals surface area contributed by atoms with Crippen molar-refractivity contribution in [1.29, 1.82) is 0 Å². The van der Waals surface area contributed by atoms with Gasteiger partial charge in [0, 0.05) is 17.4 Å². The highest BCUT2D eigenvalue weighted by Crippen LogP contribution is 2.20. The van der Waals surface area contributed by atoms with Gasteiger partial charge in [0.15, 0.2) is 0 Å². The predicted octanol–water partition coefficient (Wildman–Crippen LogP) is 4.43. The zero-order valence-corrected chi connectivity index (χ0v) is 16.9. The first-order chi connectivity index (χ1) is 14.2. The molecule has 1 aromatic heterocycles. The maximum atomic E-state index is 5.71. The number of hydrogen-bond acceptors (Lipinski definition) is 7. The van der Waals surface area contributed by atoms with Crippen molar-refractivity contribution in [3.05, 3.63) is 60.3 Å². The van der Waals surface area contributed by atoms with Crippen LogP contribution >= 0.6 is 0 Å². The quantitative estimate of drug-likeness (QED) is 0.493. The Bertz CT molecular complexity index is 899. The molecule has 3 aromatic rings. The second-order valence-electron chi connectivity index (χ2n) is 6.25. The number of benzene rings is 2. The van der Waals surface area contributed by atoms with Crippen molar-refractivity contribution in [3.63, 3.8) is 0 Å². The van der Waals surface area contributed by atoms with E-state index in [2.05, 4.69) is 20.6 Å². The van der Waals surface area contributed by atoms with E-state index in [1.165, 1.54) is 0 Å². The molecule has 0 unspecified atom stereocenters. The Hall–Kier alpha value is -3.48. The molecule has 0 amide bonds. The third-order valence-corrected chi connectivity index (χ3v) is 4.01. The molecule has 0 saturated carbocycles. The zero-order chi connectivity index (χ0) is 20.5. The molecule has 0 spiro atoms. The fraction of sp³-hybridized carbons (Fsp3) is 0.273. The molecule has 2 aromatic carbocycles. The largest absolute Gasteiger partial charge is 0.497 e. The van der Waals surface area contributed by atoms with Gasteiger partial charge >= 0.3 is 0 Å². The number of aryl methyl sites for hydroxylation is 1. The van der Waals surface area contributed by atoms with Crippen molar-refractivity contribution in [1.82, 2.24) is 9.97 Å². The average molecular weight is 394 g/mol. The molecule has 0 bridgehead atoms. The minimum Gasteiger partial charge on any atom is -0.497 e. The van der Waals surface area contributed by atoms with E-state index in [9.17, 15) is 0 Å². The Balaban J connectivity index is 1.52. The van der Waals surface area contributed by atoms with Gasteiger partial charge in [0.05, 0.1) is 20.3 Å². The number of nitrogens with zero attached hydrogens (tertiary/aromatic N) is 2. The Labute approximate surface area is 171 Å². The summed E-state index contributed by atoms with van der Waals surface area (Å²) in [6, 6.07) is 17.1. The van der Waals surface area contributed by atoms with E-state index in [-0.39, 0.29) is 0 Å². The van der Waals surface area contributed by atoms with Crippen LogP contribution in [-0.4, -0.2) is 36.8 Å². The van der Waals surface area contributed by atoms with Crippen molar-refractivity contribution in [2.24, 2.45) is 0 Å². The molecule has 152 valence electrons. The SMILES string of the molecule is CCOc1ccc(Nc2cc(C)nc(NCCOc3ccc(OC)cc3)n2)cc1. The normalized spacial score (nSPS) is 10.3. The lowest BCUT2D eigenvalue weighted by molar-refractivity contribution is 0.331. The Morgan fingerprint density at radius 2 is 1.52 bits per heavy atom. The van der Waals surface area contributed by atoms with Crippen molar-refractivity contribution in [3.8, 4) is 17.2 Å². The van der Waals surface area contributed by atoms with Gasteiger partial charge in [-0.1, -0.05) is 0 Å². The molecule has 0 fully saturated rings. The van der Waals surface area contributed by atoms with Gasteiger partial charge in [0.2, 0.25) is 5.95 Å². The van der Waals surface area contributed by atoms with Gasteiger partial charge in [-0.05, 0) is 62.4 Å². The number of methoxy groups -OCH3 is 1. The molecular weight excluding hydrogens is 368 g/mol. The van der Waals surface area contributed by atoms with Gasteiger partial charge in [-0.25, -0.2) is 4.98 Å². The van der Waals surface area contributed by atoms with E-state index < -0.39 is 0 Å². The van der Waals surface area contributed by atoms with Crippen molar-refractivity contribution < 1.29 is 14.2 Å². The van der Waals surface area contributed by atoms with E-state index in [0.29, 0.717) is 25.7 Å². The molecule has 29 heavy (non-hydrogen) atoms. The van der Waals surface area contributed by atoms with Gasteiger partial charge in [0.1, 0.15) is 29.7 Å². The number of anilines is 3. The van der Waals surface area contributed by atoms with Crippen LogP contribution in [0.2, 0.25) is 0 Å². The highest BCUT2D eigenvalue weighted by molar-refractivity contribution is 5.58. The van der Waals surface area contributed by atoms with Gasteiger partial charge in [-0.15, -0.1) is 0 Å². The lowest BCUT2D eigenvalue weighted by Gasteiger charge is -2.11. The first kappa shape index (κ1) is 20.3. The molecule has 2 N–H and O–H groups in total. The highest BCUT2D eigenvalue weighted by atomic mass is 16.5. The number of hydrogen-bond donors (Lipinski definition) is 2. The molecule has 0 saturated heterocycles. The Kier molecular flexibility index (Phi) is 7.10. The molecule has 3 rings (SSSR count). The van der Waals surface area contributed by atoms with Gasteiger partial charge in [-0.2, -0.15) is 4.98 Å². The summed E-state index contributed by atoms with van der Waals surface area (Å²) in [6.45, 7) is 5.62. The molecule has 0 aliphatic carbocycles. The van der Waals surface area contributed by atoms with Crippen LogP contribution in [0.3, 0.4) is 0 Å². The third kappa shape index (κ3) is 6.27.